The van der Waals surface area contributed by atoms with Gasteiger partial charge in [0, 0.05) is 11.3 Å². The Balaban J connectivity index is 1.65. The summed E-state index contributed by atoms with van der Waals surface area (Å²) in [6.07, 6.45) is 0. The highest BCUT2D eigenvalue weighted by Crippen LogP contribution is 2.32. The topological polar surface area (TPSA) is 71.7 Å². The number of halogens is 2. The summed E-state index contributed by atoms with van der Waals surface area (Å²) in [6, 6.07) is 12.2. The van der Waals surface area contributed by atoms with E-state index in [0.29, 0.717) is 38.6 Å². The first-order valence-corrected chi connectivity index (χ1v) is 9.32. The Bertz CT molecular complexity index is 990. The van der Waals surface area contributed by atoms with Gasteiger partial charge in [0.2, 0.25) is 0 Å². The molecule has 2 aromatic carbocycles. The maximum Gasteiger partial charge on any atom is 0.262 e. The zero-order chi connectivity index (χ0) is 20.3. The molecule has 0 saturated carbocycles. The van der Waals surface area contributed by atoms with Gasteiger partial charge >= 0.3 is 0 Å². The molecule has 0 bridgehead atoms. The molecule has 5 nitrogen and oxygen atoms in total. The van der Waals surface area contributed by atoms with Crippen molar-refractivity contribution in [1.82, 2.24) is 0 Å². The number of aliphatic hydroxyl groups excluding tert-OH is 1. The normalized spacial score (nSPS) is 10.8. The van der Waals surface area contributed by atoms with Crippen molar-refractivity contribution in [2.75, 3.05) is 11.9 Å². The van der Waals surface area contributed by atoms with Gasteiger partial charge in [-0.15, -0.1) is 0 Å². The van der Waals surface area contributed by atoms with Crippen LogP contribution in [0.25, 0.3) is 11.3 Å². The molecule has 0 aliphatic heterocycles. The maximum absolute atomic E-state index is 12.2. The van der Waals surface area contributed by atoms with Gasteiger partial charge in [0.1, 0.15) is 23.9 Å². The smallest absolute Gasteiger partial charge is 0.262 e. The van der Waals surface area contributed by atoms with Gasteiger partial charge in [-0.2, -0.15) is 0 Å². The highest BCUT2D eigenvalue weighted by Gasteiger charge is 2.12. The zero-order valence-electron chi connectivity index (χ0n) is 15.4. The van der Waals surface area contributed by atoms with Crippen molar-refractivity contribution in [2.24, 2.45) is 0 Å². The quantitative estimate of drug-likeness (QED) is 0.562. The minimum atomic E-state index is -0.333. The van der Waals surface area contributed by atoms with Crippen LogP contribution in [0.3, 0.4) is 0 Å². The number of carbonyl (C=O) groups is 1. The number of nitrogens with one attached hydrogen (secondary N) is 1. The number of benzene rings is 2. The van der Waals surface area contributed by atoms with Crippen LogP contribution in [0, 0.1) is 13.8 Å². The lowest BCUT2D eigenvalue weighted by Gasteiger charge is -2.12. The van der Waals surface area contributed by atoms with Gasteiger partial charge in [-0.3, -0.25) is 4.79 Å². The lowest BCUT2D eigenvalue weighted by Crippen LogP contribution is -2.20. The Labute approximate surface area is 172 Å². The molecule has 0 aliphatic carbocycles. The van der Waals surface area contributed by atoms with Gasteiger partial charge in [0.05, 0.1) is 10.0 Å². The second kappa shape index (κ2) is 8.69. The second-order valence-electron chi connectivity index (χ2n) is 6.35. The molecular formula is C21H19Cl2NO4. The number of furan rings is 1. The number of aryl methyl sites for hydroxylation is 2. The molecule has 1 aromatic heterocycles. The second-order valence-corrected chi connectivity index (χ2v) is 7.16. The van der Waals surface area contributed by atoms with Crippen LogP contribution >= 0.6 is 23.2 Å². The largest absolute Gasteiger partial charge is 0.482 e. The summed E-state index contributed by atoms with van der Waals surface area (Å²) in [7, 11) is 0. The third kappa shape index (κ3) is 4.68. The first-order valence-electron chi connectivity index (χ1n) is 8.56. The lowest BCUT2D eigenvalue weighted by molar-refractivity contribution is -0.118. The summed E-state index contributed by atoms with van der Waals surface area (Å²) in [4.78, 5) is 12.2. The van der Waals surface area contributed by atoms with Crippen LogP contribution in [0.4, 0.5) is 5.69 Å². The van der Waals surface area contributed by atoms with Crippen molar-refractivity contribution in [2.45, 2.75) is 20.5 Å². The zero-order valence-corrected chi connectivity index (χ0v) is 16.9. The molecule has 0 spiro atoms. The molecule has 7 heteroatoms. The molecule has 0 fully saturated rings. The number of hydrogen-bond donors (Lipinski definition) is 2. The predicted molar refractivity (Wildman–Crippen MR) is 110 cm³/mol. The third-order valence-electron chi connectivity index (χ3n) is 4.06. The summed E-state index contributed by atoms with van der Waals surface area (Å²) in [6.45, 7) is 3.45. The maximum atomic E-state index is 12.2. The molecule has 146 valence electrons. The molecule has 1 amide bonds. The number of aliphatic hydroxyl groups is 1. The van der Waals surface area contributed by atoms with Gasteiger partial charge in [0.15, 0.2) is 6.61 Å². The third-order valence-corrected chi connectivity index (χ3v) is 4.65. The predicted octanol–water partition coefficient (Wildman–Crippen LogP) is 5.38. The average molecular weight is 420 g/mol. The van der Waals surface area contributed by atoms with E-state index < -0.39 is 0 Å². The molecule has 3 aromatic rings. The number of hydrogen-bond acceptors (Lipinski definition) is 4. The lowest BCUT2D eigenvalue weighted by atomic mass is 10.1. The van der Waals surface area contributed by atoms with E-state index in [4.69, 9.17) is 37.5 Å². The Kier molecular flexibility index (Phi) is 6.29. The Morgan fingerprint density at radius 1 is 1.11 bits per heavy atom. The first kappa shape index (κ1) is 20.3. The molecule has 0 saturated heterocycles. The van der Waals surface area contributed by atoms with Crippen LogP contribution in [0.1, 0.15) is 16.9 Å². The Morgan fingerprint density at radius 2 is 1.89 bits per heavy atom. The van der Waals surface area contributed by atoms with Crippen LogP contribution in [0.2, 0.25) is 10.0 Å². The van der Waals surface area contributed by atoms with E-state index in [1.807, 2.05) is 19.9 Å². The van der Waals surface area contributed by atoms with Gasteiger partial charge < -0.3 is 19.6 Å². The van der Waals surface area contributed by atoms with Crippen LogP contribution in [-0.4, -0.2) is 17.6 Å². The summed E-state index contributed by atoms with van der Waals surface area (Å²) in [5.74, 6) is 1.15. The molecule has 2 N–H and O–H groups in total. The summed E-state index contributed by atoms with van der Waals surface area (Å²) >= 11 is 12.5. The van der Waals surface area contributed by atoms with Crippen LogP contribution in [0.5, 0.6) is 5.75 Å². The Morgan fingerprint density at radius 3 is 2.54 bits per heavy atom. The molecule has 28 heavy (non-hydrogen) atoms. The van der Waals surface area contributed by atoms with Crippen molar-refractivity contribution in [3.05, 3.63) is 69.4 Å². The van der Waals surface area contributed by atoms with Crippen LogP contribution in [0.15, 0.2) is 46.9 Å². The highest BCUT2D eigenvalue weighted by molar-refractivity contribution is 6.33. The molecule has 0 unspecified atom stereocenters. The van der Waals surface area contributed by atoms with Crippen molar-refractivity contribution < 1.29 is 19.1 Å². The number of carbonyl (C=O) groups excluding carboxylic acids is 1. The number of ether oxygens (including phenoxy) is 1. The number of rotatable bonds is 6. The standard InChI is InChI=1S/C21H19Cl2NO4/c1-12-7-13(2)21(18(23)8-12)27-11-20(26)24-14-3-5-16(17(22)9-14)19-6-4-15(10-25)28-19/h3-9,25H,10-11H2,1-2H3,(H,24,26). The van der Waals surface area contributed by atoms with E-state index in [1.54, 1.807) is 36.4 Å². The van der Waals surface area contributed by atoms with E-state index >= 15 is 0 Å². The first-order chi connectivity index (χ1) is 13.4. The minimum absolute atomic E-state index is 0.180. The van der Waals surface area contributed by atoms with Crippen LogP contribution < -0.4 is 10.1 Å². The molecular weight excluding hydrogens is 401 g/mol. The van der Waals surface area contributed by atoms with Gasteiger partial charge in [-0.05, 0) is 61.4 Å². The fourth-order valence-electron chi connectivity index (χ4n) is 2.82. The molecule has 0 aliphatic rings. The van der Waals surface area contributed by atoms with Crippen LogP contribution in [-0.2, 0) is 11.4 Å². The van der Waals surface area contributed by atoms with Gasteiger partial charge in [-0.1, -0.05) is 29.3 Å². The van der Waals surface area contributed by atoms with Crippen molar-refractivity contribution in [3.63, 3.8) is 0 Å². The van der Waals surface area contributed by atoms with Crippen molar-refractivity contribution >= 4 is 34.8 Å². The van der Waals surface area contributed by atoms with Gasteiger partial charge in [-0.25, -0.2) is 0 Å². The van der Waals surface area contributed by atoms with E-state index in [1.165, 1.54) is 0 Å². The fraction of sp³-hybridized carbons (Fsp3) is 0.190. The van der Waals surface area contributed by atoms with E-state index in [0.717, 1.165) is 11.1 Å². The minimum Gasteiger partial charge on any atom is -0.482 e. The Hall–Kier alpha value is -2.47. The average Bonchev–Trinajstić information content (AvgIpc) is 3.09. The van der Waals surface area contributed by atoms with Crippen molar-refractivity contribution in [3.8, 4) is 17.1 Å². The molecule has 0 atom stereocenters. The van der Waals surface area contributed by atoms with E-state index in [-0.39, 0.29) is 19.1 Å². The molecule has 0 radical (unpaired) electrons. The molecule has 3 rings (SSSR count). The monoisotopic (exact) mass is 419 g/mol. The number of anilines is 1. The van der Waals surface area contributed by atoms with E-state index in [2.05, 4.69) is 5.32 Å². The summed E-state index contributed by atoms with van der Waals surface area (Å²) in [5.41, 5.74) is 3.09. The molecule has 1 heterocycles. The summed E-state index contributed by atoms with van der Waals surface area (Å²) < 4.78 is 11.1. The number of amides is 1. The summed E-state index contributed by atoms with van der Waals surface area (Å²) in [5, 5.41) is 12.7. The highest BCUT2D eigenvalue weighted by atomic mass is 35.5. The SMILES string of the molecule is Cc1cc(C)c(OCC(=O)Nc2ccc(-c3ccc(CO)o3)c(Cl)c2)c(Cl)c1. The van der Waals surface area contributed by atoms with Crippen molar-refractivity contribution in [1.29, 1.82) is 0 Å². The van der Waals surface area contributed by atoms with E-state index in [9.17, 15) is 4.79 Å². The fourth-order valence-corrected chi connectivity index (χ4v) is 3.47. The van der Waals surface area contributed by atoms with Gasteiger partial charge in [0.25, 0.3) is 5.91 Å².